The van der Waals surface area contributed by atoms with Crippen molar-refractivity contribution in [2.24, 2.45) is 0 Å². The first-order valence-electron chi connectivity index (χ1n) is 6.22. The summed E-state index contributed by atoms with van der Waals surface area (Å²) < 4.78 is 79.3. The fraction of sp³-hybridized carbons (Fsp3) is 0.200. The molecule has 0 aliphatic rings. The fourth-order valence-electron chi connectivity index (χ4n) is 2.00. The first-order valence-corrected chi connectivity index (χ1v) is 6.76. The molecule has 23 heavy (non-hydrogen) atoms. The van der Waals surface area contributed by atoms with Gasteiger partial charge in [0.2, 0.25) is 0 Å². The van der Waals surface area contributed by atoms with Crippen LogP contribution in [0.3, 0.4) is 0 Å². The van der Waals surface area contributed by atoms with Crippen LogP contribution in [0.1, 0.15) is 11.1 Å². The van der Waals surface area contributed by atoms with Crippen LogP contribution in [-0.4, -0.2) is 6.36 Å². The molecule has 2 rings (SSSR count). The van der Waals surface area contributed by atoms with Crippen molar-refractivity contribution in [3.63, 3.8) is 0 Å². The molecule has 0 saturated heterocycles. The number of rotatable bonds is 3. The van der Waals surface area contributed by atoms with E-state index in [0.717, 1.165) is 30.3 Å². The van der Waals surface area contributed by atoms with Crippen molar-refractivity contribution in [1.29, 1.82) is 0 Å². The predicted molar refractivity (Wildman–Crippen MR) is 73.1 cm³/mol. The SMILES string of the molecule is FC(F)(F)Oc1ccc(-c2ccc(CCl)cc2C(F)(F)F)cc1. The van der Waals surface area contributed by atoms with E-state index in [1.54, 1.807) is 0 Å². The Morgan fingerprint density at radius 2 is 1.48 bits per heavy atom. The number of ether oxygens (including phenoxy) is 1. The number of halogens is 7. The molecule has 0 bridgehead atoms. The summed E-state index contributed by atoms with van der Waals surface area (Å²) in [6.07, 6.45) is -9.47. The molecule has 0 heterocycles. The Morgan fingerprint density at radius 3 is 1.96 bits per heavy atom. The van der Waals surface area contributed by atoms with Crippen molar-refractivity contribution >= 4 is 11.6 Å². The van der Waals surface area contributed by atoms with Crippen molar-refractivity contribution in [3.05, 3.63) is 53.6 Å². The summed E-state index contributed by atoms with van der Waals surface area (Å²) in [5.74, 6) is -0.589. The van der Waals surface area contributed by atoms with E-state index in [2.05, 4.69) is 4.74 Å². The molecule has 2 aromatic rings. The lowest BCUT2D eigenvalue weighted by atomic mass is 9.97. The second kappa shape index (κ2) is 6.31. The molecule has 8 heteroatoms. The molecule has 0 fully saturated rings. The molecule has 0 saturated carbocycles. The maximum absolute atomic E-state index is 13.1. The van der Waals surface area contributed by atoms with Crippen LogP contribution in [0.5, 0.6) is 5.75 Å². The molecule has 0 aromatic heterocycles. The summed E-state index contributed by atoms with van der Waals surface area (Å²) in [4.78, 5) is 0. The van der Waals surface area contributed by atoms with E-state index in [1.165, 1.54) is 12.1 Å². The molecule has 1 nitrogen and oxygen atoms in total. The Hall–Kier alpha value is -1.89. The molecular weight excluding hydrogens is 346 g/mol. The van der Waals surface area contributed by atoms with Crippen molar-refractivity contribution in [2.75, 3.05) is 0 Å². The average molecular weight is 355 g/mol. The monoisotopic (exact) mass is 354 g/mol. The van der Waals surface area contributed by atoms with Gasteiger partial charge in [-0.2, -0.15) is 13.2 Å². The van der Waals surface area contributed by atoms with E-state index < -0.39 is 23.9 Å². The number of alkyl halides is 7. The zero-order valence-electron chi connectivity index (χ0n) is 11.3. The summed E-state index contributed by atoms with van der Waals surface area (Å²) in [6, 6.07) is 7.76. The van der Waals surface area contributed by atoms with Gasteiger partial charge in [-0.05, 0) is 34.9 Å². The van der Waals surface area contributed by atoms with Crippen LogP contribution in [0.4, 0.5) is 26.3 Å². The molecule has 0 atom stereocenters. The van der Waals surface area contributed by atoms with E-state index in [1.807, 2.05) is 0 Å². The minimum Gasteiger partial charge on any atom is -0.406 e. The van der Waals surface area contributed by atoms with Crippen LogP contribution >= 0.6 is 11.6 Å². The largest absolute Gasteiger partial charge is 0.573 e. The minimum absolute atomic E-state index is 0.0816. The molecule has 2 aromatic carbocycles. The minimum atomic E-state index is -4.86. The molecule has 0 radical (unpaired) electrons. The van der Waals surface area contributed by atoms with E-state index in [0.29, 0.717) is 5.56 Å². The zero-order valence-corrected chi connectivity index (χ0v) is 12.1. The third-order valence-corrected chi connectivity index (χ3v) is 3.25. The number of benzene rings is 2. The summed E-state index contributed by atoms with van der Waals surface area (Å²) in [5.41, 5.74) is -0.641. The molecule has 0 aliphatic heterocycles. The maximum atomic E-state index is 13.1. The highest BCUT2D eigenvalue weighted by Crippen LogP contribution is 2.38. The Kier molecular flexibility index (Phi) is 4.79. The summed E-state index contributed by atoms with van der Waals surface area (Å²) >= 11 is 5.54. The molecule has 124 valence electrons. The quantitative estimate of drug-likeness (QED) is 0.484. The van der Waals surface area contributed by atoms with Gasteiger partial charge < -0.3 is 4.74 Å². The smallest absolute Gasteiger partial charge is 0.406 e. The molecule has 0 N–H and O–H groups in total. The zero-order chi connectivity index (χ0) is 17.3. The van der Waals surface area contributed by atoms with Crippen molar-refractivity contribution < 1.29 is 31.1 Å². The third-order valence-electron chi connectivity index (χ3n) is 2.94. The first-order chi connectivity index (χ1) is 10.6. The van der Waals surface area contributed by atoms with Crippen molar-refractivity contribution in [1.82, 2.24) is 0 Å². The van der Waals surface area contributed by atoms with Crippen LogP contribution in [0.15, 0.2) is 42.5 Å². The van der Waals surface area contributed by atoms with Gasteiger partial charge in [0.1, 0.15) is 5.75 Å². The van der Waals surface area contributed by atoms with Gasteiger partial charge >= 0.3 is 12.5 Å². The normalized spacial score (nSPS) is 12.3. The van der Waals surface area contributed by atoms with Gasteiger partial charge in [-0.15, -0.1) is 24.8 Å². The highest BCUT2D eigenvalue weighted by Gasteiger charge is 2.34. The summed E-state index contributed by atoms with van der Waals surface area (Å²) in [6.45, 7) is 0. The van der Waals surface area contributed by atoms with E-state index in [9.17, 15) is 26.3 Å². The fourth-order valence-corrected chi connectivity index (χ4v) is 2.16. The molecule has 0 unspecified atom stereocenters. The lowest BCUT2D eigenvalue weighted by Gasteiger charge is -2.15. The third kappa shape index (κ3) is 4.54. The Balaban J connectivity index is 2.42. The molecule has 0 aliphatic carbocycles. The highest BCUT2D eigenvalue weighted by molar-refractivity contribution is 6.17. The van der Waals surface area contributed by atoms with Crippen molar-refractivity contribution in [2.45, 2.75) is 18.4 Å². The van der Waals surface area contributed by atoms with Crippen LogP contribution in [0.2, 0.25) is 0 Å². The second-order valence-electron chi connectivity index (χ2n) is 4.58. The van der Waals surface area contributed by atoms with E-state index in [4.69, 9.17) is 11.6 Å². The van der Waals surface area contributed by atoms with Gasteiger partial charge in [-0.1, -0.05) is 24.3 Å². The molecule has 0 amide bonds. The van der Waals surface area contributed by atoms with Gasteiger partial charge in [-0.3, -0.25) is 0 Å². The number of hydrogen-bond donors (Lipinski definition) is 0. The second-order valence-corrected chi connectivity index (χ2v) is 4.85. The van der Waals surface area contributed by atoms with E-state index >= 15 is 0 Å². The Morgan fingerprint density at radius 1 is 0.870 bits per heavy atom. The van der Waals surface area contributed by atoms with Gasteiger partial charge in [0.15, 0.2) is 0 Å². The highest BCUT2D eigenvalue weighted by atomic mass is 35.5. The topological polar surface area (TPSA) is 9.23 Å². The Labute approximate surface area is 132 Å². The lowest BCUT2D eigenvalue weighted by Crippen LogP contribution is -2.17. The van der Waals surface area contributed by atoms with Gasteiger partial charge in [0.25, 0.3) is 0 Å². The van der Waals surface area contributed by atoms with Gasteiger partial charge in [-0.25, -0.2) is 0 Å². The summed E-state index contributed by atoms with van der Waals surface area (Å²) in [7, 11) is 0. The van der Waals surface area contributed by atoms with Crippen LogP contribution in [0.25, 0.3) is 11.1 Å². The lowest BCUT2D eigenvalue weighted by molar-refractivity contribution is -0.274. The first kappa shape index (κ1) is 17.5. The van der Waals surface area contributed by atoms with Crippen LogP contribution in [-0.2, 0) is 12.1 Å². The summed E-state index contributed by atoms with van der Waals surface area (Å²) in [5, 5.41) is 0. The molecule has 0 spiro atoms. The van der Waals surface area contributed by atoms with Crippen molar-refractivity contribution in [3.8, 4) is 16.9 Å². The molecular formula is C15H9ClF6O. The average Bonchev–Trinajstić information content (AvgIpc) is 2.45. The Bertz CT molecular complexity index is 676. The van der Waals surface area contributed by atoms with Crippen LogP contribution in [0, 0.1) is 0 Å². The predicted octanol–water partition coefficient (Wildman–Crippen LogP) is 6.01. The number of hydrogen-bond acceptors (Lipinski definition) is 1. The van der Waals surface area contributed by atoms with Gasteiger partial charge in [0, 0.05) is 5.88 Å². The van der Waals surface area contributed by atoms with Gasteiger partial charge in [0.05, 0.1) is 5.56 Å². The maximum Gasteiger partial charge on any atom is 0.573 e. The van der Waals surface area contributed by atoms with E-state index in [-0.39, 0.29) is 17.0 Å². The van der Waals surface area contributed by atoms with Crippen LogP contribution < -0.4 is 4.74 Å². The standard InChI is InChI=1S/C15H9ClF6O/c16-8-9-1-6-12(13(7-9)14(17,18)19)10-2-4-11(5-3-10)23-15(20,21)22/h1-7H,8H2.